The van der Waals surface area contributed by atoms with Crippen molar-refractivity contribution in [2.24, 2.45) is 0 Å². The summed E-state index contributed by atoms with van der Waals surface area (Å²) in [5.41, 5.74) is 2.05. The minimum Gasteiger partial charge on any atom is -0.380 e. The number of carbonyl (C=O) groups excluding carboxylic acids is 1. The number of rotatable bonds is 3. The quantitative estimate of drug-likeness (QED) is 0.680. The first-order valence-corrected chi connectivity index (χ1v) is 9.65. The zero-order valence-corrected chi connectivity index (χ0v) is 15.2. The number of amides is 1. The van der Waals surface area contributed by atoms with Gasteiger partial charge < -0.3 is 9.64 Å². The zero-order chi connectivity index (χ0) is 17.9. The highest BCUT2D eigenvalue weighted by Gasteiger charge is 2.17. The maximum Gasteiger partial charge on any atom is 0.227 e. The second-order valence-electron chi connectivity index (χ2n) is 6.46. The third kappa shape index (κ3) is 3.64. The van der Waals surface area contributed by atoms with Gasteiger partial charge in [-0.2, -0.15) is 0 Å². The van der Waals surface area contributed by atoms with Crippen LogP contribution in [0, 0.1) is 5.82 Å². The average molecular weight is 369 g/mol. The van der Waals surface area contributed by atoms with E-state index in [0.717, 1.165) is 45.7 Å². The molecule has 1 saturated heterocycles. The molecule has 26 heavy (non-hydrogen) atoms. The van der Waals surface area contributed by atoms with Gasteiger partial charge in [0.15, 0.2) is 0 Å². The van der Waals surface area contributed by atoms with Gasteiger partial charge in [0.1, 0.15) is 5.82 Å². The molecular formula is C21H20FNO2S. The van der Waals surface area contributed by atoms with Crippen LogP contribution in [-0.4, -0.2) is 37.1 Å². The lowest BCUT2D eigenvalue weighted by atomic mass is 10.0. The first-order chi connectivity index (χ1) is 12.7. The lowest BCUT2D eigenvalue weighted by Crippen LogP contribution is -2.34. The fourth-order valence-electron chi connectivity index (χ4n) is 3.34. The summed E-state index contributed by atoms with van der Waals surface area (Å²) in [6.45, 7) is 2.79. The molecule has 0 unspecified atom stereocenters. The van der Waals surface area contributed by atoms with E-state index in [1.54, 1.807) is 23.5 Å². The minimum absolute atomic E-state index is 0.158. The van der Waals surface area contributed by atoms with Crippen molar-refractivity contribution in [1.82, 2.24) is 4.90 Å². The Morgan fingerprint density at radius 2 is 1.96 bits per heavy atom. The highest BCUT2D eigenvalue weighted by molar-refractivity contribution is 7.19. The van der Waals surface area contributed by atoms with Crippen LogP contribution >= 0.6 is 11.3 Å². The van der Waals surface area contributed by atoms with Gasteiger partial charge >= 0.3 is 0 Å². The summed E-state index contributed by atoms with van der Waals surface area (Å²) in [6, 6.07) is 14.8. The third-order valence-electron chi connectivity index (χ3n) is 4.67. The summed E-state index contributed by atoms with van der Waals surface area (Å²) in [5.74, 6) is -0.0793. The maximum absolute atomic E-state index is 13.2. The van der Waals surface area contributed by atoms with Crippen molar-refractivity contribution in [2.75, 3.05) is 26.3 Å². The van der Waals surface area contributed by atoms with E-state index in [0.29, 0.717) is 19.6 Å². The largest absolute Gasteiger partial charge is 0.380 e. The monoisotopic (exact) mass is 369 g/mol. The van der Waals surface area contributed by atoms with Crippen LogP contribution in [0.5, 0.6) is 0 Å². The van der Waals surface area contributed by atoms with Crippen LogP contribution in [0.25, 0.3) is 21.2 Å². The number of thiophene rings is 1. The molecule has 4 rings (SSSR count). The third-order valence-corrected chi connectivity index (χ3v) is 5.77. The predicted octanol–water partition coefficient (Wildman–Crippen LogP) is 4.50. The topological polar surface area (TPSA) is 29.5 Å². The lowest BCUT2D eigenvalue weighted by molar-refractivity contribution is -0.130. The van der Waals surface area contributed by atoms with Gasteiger partial charge in [-0.3, -0.25) is 4.79 Å². The van der Waals surface area contributed by atoms with E-state index in [2.05, 4.69) is 12.1 Å². The number of benzene rings is 2. The fourth-order valence-corrected chi connectivity index (χ4v) is 4.42. The van der Waals surface area contributed by atoms with Crippen molar-refractivity contribution in [3.05, 3.63) is 59.2 Å². The number of hydrogen-bond acceptors (Lipinski definition) is 3. The molecule has 0 atom stereocenters. The van der Waals surface area contributed by atoms with Gasteiger partial charge in [0, 0.05) is 34.7 Å². The lowest BCUT2D eigenvalue weighted by Gasteiger charge is -2.19. The van der Waals surface area contributed by atoms with E-state index in [1.807, 2.05) is 17.0 Å². The van der Waals surface area contributed by atoms with E-state index in [4.69, 9.17) is 4.74 Å². The molecule has 5 heteroatoms. The Labute approximate surface area is 156 Å². The van der Waals surface area contributed by atoms with Crippen LogP contribution in [0.15, 0.2) is 48.5 Å². The first-order valence-electron chi connectivity index (χ1n) is 8.83. The molecule has 1 fully saturated rings. The van der Waals surface area contributed by atoms with Gasteiger partial charge in [-0.1, -0.05) is 24.3 Å². The van der Waals surface area contributed by atoms with E-state index in [1.165, 1.54) is 12.1 Å². The Hall–Kier alpha value is -2.24. The van der Waals surface area contributed by atoms with Crippen LogP contribution in [0.3, 0.4) is 0 Å². The first kappa shape index (κ1) is 17.2. The molecule has 3 aromatic rings. The molecule has 2 aromatic carbocycles. The van der Waals surface area contributed by atoms with Crippen LogP contribution < -0.4 is 0 Å². The summed E-state index contributed by atoms with van der Waals surface area (Å²) in [7, 11) is 0. The molecule has 1 aliphatic heterocycles. The van der Waals surface area contributed by atoms with Crippen molar-refractivity contribution in [3.8, 4) is 11.1 Å². The molecule has 1 amide bonds. The van der Waals surface area contributed by atoms with Crippen molar-refractivity contribution >= 4 is 27.3 Å². The Morgan fingerprint density at radius 3 is 2.81 bits per heavy atom. The molecule has 3 nitrogen and oxygen atoms in total. The van der Waals surface area contributed by atoms with E-state index in [-0.39, 0.29) is 11.7 Å². The standard InChI is InChI=1S/C21H20FNO2S/c22-16-7-5-15(6-8-16)18-3-1-4-20-19(18)13-17(26-20)14-21(24)23-9-2-11-25-12-10-23/h1,3-8,13H,2,9-12,14H2. The summed E-state index contributed by atoms with van der Waals surface area (Å²) in [6.07, 6.45) is 1.31. The molecule has 1 aromatic heterocycles. The Morgan fingerprint density at radius 1 is 1.12 bits per heavy atom. The normalized spacial score (nSPS) is 15.2. The average Bonchev–Trinajstić information content (AvgIpc) is 2.87. The highest BCUT2D eigenvalue weighted by Crippen LogP contribution is 2.34. The second-order valence-corrected chi connectivity index (χ2v) is 7.63. The highest BCUT2D eigenvalue weighted by atomic mass is 32.1. The summed E-state index contributed by atoms with van der Waals surface area (Å²) < 4.78 is 19.8. The maximum atomic E-state index is 13.2. The van der Waals surface area contributed by atoms with Crippen LogP contribution in [0.2, 0.25) is 0 Å². The number of nitrogens with zero attached hydrogens (tertiary/aromatic N) is 1. The molecule has 1 aliphatic rings. The van der Waals surface area contributed by atoms with Gasteiger partial charge in [0.2, 0.25) is 5.91 Å². The summed E-state index contributed by atoms with van der Waals surface area (Å²) >= 11 is 1.65. The minimum atomic E-state index is -0.237. The predicted molar refractivity (Wildman–Crippen MR) is 103 cm³/mol. The molecule has 0 N–H and O–H groups in total. The van der Waals surface area contributed by atoms with Crippen molar-refractivity contribution < 1.29 is 13.9 Å². The zero-order valence-electron chi connectivity index (χ0n) is 14.4. The van der Waals surface area contributed by atoms with Gasteiger partial charge in [-0.25, -0.2) is 4.39 Å². The number of hydrogen-bond donors (Lipinski definition) is 0. The van der Waals surface area contributed by atoms with Crippen LogP contribution in [0.4, 0.5) is 4.39 Å². The Bertz CT molecular complexity index is 911. The molecule has 134 valence electrons. The van der Waals surface area contributed by atoms with Gasteiger partial charge in [-0.15, -0.1) is 11.3 Å². The molecular weight excluding hydrogens is 349 g/mol. The smallest absolute Gasteiger partial charge is 0.227 e. The Kier molecular flexibility index (Phi) is 5.00. The second kappa shape index (κ2) is 7.56. The Balaban J connectivity index is 1.60. The summed E-state index contributed by atoms with van der Waals surface area (Å²) in [4.78, 5) is 15.6. The molecule has 0 saturated carbocycles. The number of ether oxygens (including phenoxy) is 1. The molecule has 2 heterocycles. The summed E-state index contributed by atoms with van der Waals surface area (Å²) in [5, 5.41) is 1.12. The number of fused-ring (bicyclic) bond motifs is 1. The fraction of sp³-hybridized carbons (Fsp3) is 0.286. The molecule has 0 spiro atoms. The molecule has 0 bridgehead atoms. The SMILES string of the molecule is O=C(Cc1cc2c(-c3ccc(F)cc3)cccc2s1)N1CCCOCC1. The molecule has 0 aliphatic carbocycles. The van der Waals surface area contributed by atoms with Gasteiger partial charge in [-0.05, 0) is 41.8 Å². The molecule has 0 radical (unpaired) electrons. The van der Waals surface area contributed by atoms with Crippen molar-refractivity contribution in [3.63, 3.8) is 0 Å². The van der Waals surface area contributed by atoms with E-state index >= 15 is 0 Å². The van der Waals surface area contributed by atoms with Crippen molar-refractivity contribution in [1.29, 1.82) is 0 Å². The van der Waals surface area contributed by atoms with Gasteiger partial charge in [0.05, 0.1) is 13.0 Å². The van der Waals surface area contributed by atoms with Crippen molar-refractivity contribution in [2.45, 2.75) is 12.8 Å². The van der Waals surface area contributed by atoms with Crippen LogP contribution in [0.1, 0.15) is 11.3 Å². The van der Waals surface area contributed by atoms with Crippen LogP contribution in [-0.2, 0) is 16.0 Å². The van der Waals surface area contributed by atoms with Gasteiger partial charge in [0.25, 0.3) is 0 Å². The van der Waals surface area contributed by atoms with E-state index < -0.39 is 0 Å². The number of carbonyl (C=O) groups is 1. The van der Waals surface area contributed by atoms with E-state index in [9.17, 15) is 9.18 Å². The number of halogens is 1.